The topological polar surface area (TPSA) is 60.0 Å². The largest absolute Gasteiger partial charge is 0.355 e. The van der Waals surface area contributed by atoms with E-state index in [1.54, 1.807) is 0 Å². The Morgan fingerprint density at radius 1 is 1.24 bits per heavy atom. The van der Waals surface area contributed by atoms with Crippen molar-refractivity contribution in [2.75, 3.05) is 39.8 Å². The second-order valence-corrected chi connectivity index (χ2v) is 7.45. The first kappa shape index (κ1) is 22.5. The molecule has 0 aromatic carbocycles. The van der Waals surface area contributed by atoms with Crippen molar-refractivity contribution in [2.45, 2.75) is 58.5 Å². The Labute approximate surface area is 170 Å². The molecular weight excluding hydrogens is 429 g/mol. The molecule has 2 saturated heterocycles. The molecule has 0 aliphatic carbocycles. The van der Waals surface area contributed by atoms with Gasteiger partial charge in [-0.2, -0.15) is 0 Å². The first-order valence-electron chi connectivity index (χ1n) is 9.51. The third kappa shape index (κ3) is 6.92. The van der Waals surface area contributed by atoms with Crippen LogP contribution in [0.5, 0.6) is 0 Å². The third-order valence-electron chi connectivity index (χ3n) is 5.19. The van der Waals surface area contributed by atoms with Crippen LogP contribution in [-0.2, 0) is 4.79 Å². The number of aliphatic imine (C=N–C) groups is 1. The van der Waals surface area contributed by atoms with Gasteiger partial charge < -0.3 is 15.5 Å². The quantitative estimate of drug-likeness (QED) is 0.370. The van der Waals surface area contributed by atoms with E-state index in [0.29, 0.717) is 12.1 Å². The number of halogens is 1. The zero-order chi connectivity index (χ0) is 17.5. The van der Waals surface area contributed by atoms with Gasteiger partial charge in [0.25, 0.3) is 0 Å². The predicted molar refractivity (Wildman–Crippen MR) is 115 cm³/mol. The van der Waals surface area contributed by atoms with Crippen LogP contribution >= 0.6 is 24.0 Å². The summed E-state index contributed by atoms with van der Waals surface area (Å²) >= 11 is 0. The summed E-state index contributed by atoms with van der Waals surface area (Å²) in [5, 5.41) is 6.89. The van der Waals surface area contributed by atoms with E-state index in [0.717, 1.165) is 38.6 Å². The highest BCUT2D eigenvalue weighted by Crippen LogP contribution is 2.15. The smallest absolute Gasteiger partial charge is 0.225 e. The molecule has 25 heavy (non-hydrogen) atoms. The van der Waals surface area contributed by atoms with Gasteiger partial charge in [0.05, 0.1) is 0 Å². The van der Waals surface area contributed by atoms with Crippen LogP contribution in [0.2, 0.25) is 0 Å². The lowest BCUT2D eigenvalue weighted by Crippen LogP contribution is -2.48. The summed E-state index contributed by atoms with van der Waals surface area (Å²) < 4.78 is 0. The second kappa shape index (κ2) is 11.2. The van der Waals surface area contributed by atoms with Crippen molar-refractivity contribution in [3.63, 3.8) is 0 Å². The summed E-state index contributed by atoms with van der Waals surface area (Å²) in [7, 11) is 1.81. The van der Waals surface area contributed by atoms with E-state index in [1.165, 1.54) is 25.8 Å². The van der Waals surface area contributed by atoms with Gasteiger partial charge in [0.1, 0.15) is 0 Å². The minimum Gasteiger partial charge on any atom is -0.355 e. The first-order valence-corrected chi connectivity index (χ1v) is 9.51. The molecule has 1 amide bonds. The zero-order valence-corrected chi connectivity index (χ0v) is 18.6. The molecule has 2 heterocycles. The first-order chi connectivity index (χ1) is 11.5. The average Bonchev–Trinajstić information content (AvgIpc) is 3.03. The number of nitrogens with one attached hydrogen (secondary N) is 2. The second-order valence-electron chi connectivity index (χ2n) is 7.45. The van der Waals surface area contributed by atoms with Crippen molar-refractivity contribution in [2.24, 2.45) is 10.9 Å². The van der Waals surface area contributed by atoms with E-state index >= 15 is 0 Å². The van der Waals surface area contributed by atoms with Gasteiger partial charge in [-0.05, 0) is 32.7 Å². The molecule has 0 saturated carbocycles. The van der Waals surface area contributed by atoms with Crippen molar-refractivity contribution in [3.05, 3.63) is 0 Å². The van der Waals surface area contributed by atoms with Crippen LogP contribution in [0.4, 0.5) is 0 Å². The number of hydrogen-bond acceptors (Lipinski definition) is 3. The summed E-state index contributed by atoms with van der Waals surface area (Å²) in [5.41, 5.74) is 0. The lowest BCUT2D eigenvalue weighted by molar-refractivity contribution is -0.133. The molecule has 7 heteroatoms. The van der Waals surface area contributed by atoms with E-state index in [-0.39, 0.29) is 35.8 Å². The molecule has 2 aliphatic rings. The summed E-state index contributed by atoms with van der Waals surface area (Å²) in [6.07, 6.45) is 4.98. The molecule has 2 atom stereocenters. The lowest BCUT2D eigenvalue weighted by Gasteiger charge is -2.33. The minimum atomic E-state index is 0. The summed E-state index contributed by atoms with van der Waals surface area (Å²) in [4.78, 5) is 20.9. The van der Waals surface area contributed by atoms with Gasteiger partial charge in [-0.15, -0.1) is 24.0 Å². The number of nitrogens with zero attached hydrogens (tertiary/aromatic N) is 3. The van der Waals surface area contributed by atoms with Crippen LogP contribution in [0, 0.1) is 5.92 Å². The van der Waals surface area contributed by atoms with E-state index in [2.05, 4.69) is 27.4 Å². The number of amides is 1. The Morgan fingerprint density at radius 2 is 2.00 bits per heavy atom. The van der Waals surface area contributed by atoms with E-state index in [4.69, 9.17) is 0 Å². The average molecular weight is 465 g/mol. The van der Waals surface area contributed by atoms with E-state index in [9.17, 15) is 4.79 Å². The van der Waals surface area contributed by atoms with Gasteiger partial charge in [0, 0.05) is 51.2 Å². The summed E-state index contributed by atoms with van der Waals surface area (Å²) in [6, 6.07) is 0.994. The minimum absolute atomic E-state index is 0. The van der Waals surface area contributed by atoms with Gasteiger partial charge in [-0.3, -0.25) is 14.7 Å². The molecule has 2 fully saturated rings. The Kier molecular flexibility index (Phi) is 10.1. The van der Waals surface area contributed by atoms with Gasteiger partial charge in [-0.25, -0.2) is 0 Å². The van der Waals surface area contributed by atoms with Gasteiger partial charge in [0.2, 0.25) is 5.91 Å². The van der Waals surface area contributed by atoms with Crippen LogP contribution < -0.4 is 10.6 Å². The molecule has 2 unspecified atom stereocenters. The third-order valence-corrected chi connectivity index (χ3v) is 5.19. The number of carbonyl (C=O) groups excluding carboxylic acids is 1. The standard InChI is InChI=1S/C18H35N5O.HI/c1-14(2)17(24)23-11-8-16(13-23)21-18(19-4)20-9-12-22-10-6-5-7-15(22)3;/h14-16H,5-13H2,1-4H3,(H2,19,20,21);1H. The van der Waals surface area contributed by atoms with Crippen LogP contribution in [0.25, 0.3) is 0 Å². The van der Waals surface area contributed by atoms with Gasteiger partial charge in [0.15, 0.2) is 5.96 Å². The monoisotopic (exact) mass is 465 g/mol. The highest BCUT2D eigenvalue weighted by molar-refractivity contribution is 14.0. The van der Waals surface area contributed by atoms with Gasteiger partial charge in [-0.1, -0.05) is 20.3 Å². The number of rotatable bonds is 5. The molecule has 0 aromatic rings. The van der Waals surface area contributed by atoms with Crippen molar-refractivity contribution in [1.82, 2.24) is 20.4 Å². The molecule has 6 nitrogen and oxygen atoms in total. The normalized spacial score (nSPS) is 25.0. The number of piperidine rings is 1. The summed E-state index contributed by atoms with van der Waals surface area (Å²) in [6.45, 7) is 11.1. The Morgan fingerprint density at radius 3 is 2.64 bits per heavy atom. The van der Waals surface area contributed by atoms with Crippen LogP contribution in [0.3, 0.4) is 0 Å². The Bertz CT molecular complexity index is 443. The summed E-state index contributed by atoms with van der Waals surface area (Å²) in [5.74, 6) is 1.18. The van der Waals surface area contributed by atoms with Crippen LogP contribution in [0.15, 0.2) is 4.99 Å². The highest BCUT2D eigenvalue weighted by atomic mass is 127. The molecule has 2 aliphatic heterocycles. The lowest BCUT2D eigenvalue weighted by atomic mass is 10.0. The fraction of sp³-hybridized carbons (Fsp3) is 0.889. The zero-order valence-electron chi connectivity index (χ0n) is 16.3. The van der Waals surface area contributed by atoms with Crippen molar-refractivity contribution >= 4 is 35.8 Å². The van der Waals surface area contributed by atoms with E-state index < -0.39 is 0 Å². The molecule has 0 spiro atoms. The van der Waals surface area contributed by atoms with Crippen LogP contribution in [0.1, 0.15) is 46.5 Å². The number of guanidine groups is 1. The molecular formula is C18H36IN5O. The Hall–Kier alpha value is -0.570. The van der Waals surface area contributed by atoms with E-state index in [1.807, 2.05) is 25.8 Å². The van der Waals surface area contributed by atoms with Crippen molar-refractivity contribution in [3.8, 4) is 0 Å². The molecule has 0 radical (unpaired) electrons. The van der Waals surface area contributed by atoms with Crippen molar-refractivity contribution in [1.29, 1.82) is 0 Å². The number of carbonyl (C=O) groups is 1. The SMILES string of the molecule is CN=C(NCCN1CCCCC1C)NC1CCN(C(=O)C(C)C)C1.I. The fourth-order valence-electron chi connectivity index (χ4n) is 3.64. The number of hydrogen-bond donors (Lipinski definition) is 2. The van der Waals surface area contributed by atoms with Gasteiger partial charge >= 0.3 is 0 Å². The van der Waals surface area contributed by atoms with Crippen LogP contribution in [-0.4, -0.2) is 73.5 Å². The maximum atomic E-state index is 12.1. The van der Waals surface area contributed by atoms with Crippen molar-refractivity contribution < 1.29 is 4.79 Å². The number of likely N-dealkylation sites (tertiary alicyclic amines) is 2. The predicted octanol–water partition coefficient (Wildman–Crippen LogP) is 1.90. The maximum absolute atomic E-state index is 12.1. The Balaban J connectivity index is 0.00000312. The molecule has 146 valence electrons. The molecule has 2 N–H and O–H groups in total. The fourth-order valence-corrected chi connectivity index (χ4v) is 3.64. The maximum Gasteiger partial charge on any atom is 0.225 e. The highest BCUT2D eigenvalue weighted by Gasteiger charge is 2.28. The molecule has 0 aromatic heterocycles. The molecule has 0 bridgehead atoms. The molecule has 2 rings (SSSR count).